The highest BCUT2D eigenvalue weighted by Crippen LogP contribution is 2.12. The van der Waals surface area contributed by atoms with Crippen molar-refractivity contribution in [3.8, 4) is 0 Å². The second kappa shape index (κ2) is 5.56. The molecule has 1 atom stereocenters. The average Bonchev–Trinajstić information content (AvgIpc) is 1.79. The molecule has 0 aliphatic carbocycles. The Balaban J connectivity index is 4.29. The number of aliphatic carboxylic acids is 1. The Morgan fingerprint density at radius 3 is 3.00 bits per heavy atom. The van der Waals surface area contributed by atoms with Crippen LogP contribution in [0.2, 0.25) is 0 Å². The summed E-state index contributed by atoms with van der Waals surface area (Å²) < 4.78 is 28.6. The topological polar surface area (TPSA) is 63.3 Å². The maximum atomic E-state index is 10.3. The van der Waals surface area contributed by atoms with Crippen molar-refractivity contribution in [2.24, 2.45) is 5.73 Å². The Labute approximate surface area is 70.6 Å². The van der Waals surface area contributed by atoms with Crippen molar-refractivity contribution in [1.29, 1.82) is 0 Å². The highest BCUT2D eigenvalue weighted by molar-refractivity contribution is 7.99. The van der Waals surface area contributed by atoms with Crippen LogP contribution >= 0.6 is 11.8 Å². The fourth-order valence-corrected chi connectivity index (χ4v) is 0.917. The molecule has 0 saturated carbocycles. The average molecular weight is 167 g/mol. The summed E-state index contributed by atoms with van der Waals surface area (Å²) in [4.78, 5) is 10.3. The van der Waals surface area contributed by atoms with Gasteiger partial charge in [0.1, 0.15) is 0 Å². The molecule has 0 radical (unpaired) electrons. The van der Waals surface area contributed by atoms with Crippen LogP contribution in [0.4, 0.5) is 0 Å². The number of nitrogens with two attached hydrogens (primary N) is 1. The van der Waals surface area contributed by atoms with Crippen LogP contribution in [0.15, 0.2) is 0 Å². The molecule has 3 nitrogen and oxygen atoms in total. The van der Waals surface area contributed by atoms with Gasteiger partial charge in [-0.2, -0.15) is 11.8 Å². The zero-order chi connectivity index (χ0) is 11.6. The Bertz CT molecular complexity index is 218. The van der Waals surface area contributed by atoms with Gasteiger partial charge in [0, 0.05) is 22.9 Å². The number of hydrogen-bond acceptors (Lipinski definition) is 3. The van der Waals surface area contributed by atoms with E-state index in [1.54, 1.807) is 0 Å². The van der Waals surface area contributed by atoms with Gasteiger partial charge in [0.15, 0.2) is 0 Å². The minimum atomic E-state index is -2.48. The summed E-state index contributed by atoms with van der Waals surface area (Å²) in [7, 11) is 0. The third-order valence-electron chi connectivity index (χ3n) is 0.781. The third kappa shape index (κ3) is 5.91. The van der Waals surface area contributed by atoms with Crippen molar-refractivity contribution in [2.45, 2.75) is 18.6 Å². The van der Waals surface area contributed by atoms with Crippen LogP contribution in [0.3, 0.4) is 0 Å². The number of carboxylic acids is 1. The molecule has 10 heavy (non-hydrogen) atoms. The monoisotopic (exact) mass is 167 g/mol. The van der Waals surface area contributed by atoms with Gasteiger partial charge in [-0.15, -0.1) is 0 Å². The lowest BCUT2D eigenvalue weighted by atomic mass is 10.3. The van der Waals surface area contributed by atoms with Gasteiger partial charge in [0.25, 0.3) is 0 Å². The fourth-order valence-electron chi connectivity index (χ4n) is 0.422. The van der Waals surface area contributed by atoms with E-state index < -0.39 is 23.4 Å². The fraction of sp³-hybridized carbons (Fsp3) is 0.833. The molecule has 4 heteroatoms. The largest absolute Gasteiger partial charge is 0.481 e. The third-order valence-corrected chi connectivity index (χ3v) is 1.59. The number of carbonyl (C=O) groups is 1. The summed E-state index contributed by atoms with van der Waals surface area (Å²) >= 11 is 0.590. The van der Waals surface area contributed by atoms with E-state index in [1.807, 2.05) is 0 Å². The number of thioether (sulfide) groups is 1. The number of rotatable bonds is 5. The first-order chi connectivity index (χ1) is 6.06. The smallest absolute Gasteiger partial charge is 0.304 e. The van der Waals surface area contributed by atoms with Gasteiger partial charge < -0.3 is 10.8 Å². The van der Waals surface area contributed by atoms with Crippen molar-refractivity contribution in [3.05, 3.63) is 0 Å². The van der Waals surface area contributed by atoms with E-state index in [2.05, 4.69) is 0 Å². The van der Waals surface area contributed by atoms with E-state index >= 15 is 0 Å². The predicted molar refractivity (Wildman–Crippen MR) is 43.2 cm³/mol. The summed E-state index contributed by atoms with van der Waals surface area (Å²) in [6, 6.07) is 0. The Hall–Kier alpha value is -0.220. The van der Waals surface area contributed by atoms with Crippen LogP contribution in [0, 0.1) is 0 Å². The SMILES string of the molecule is [2H]C([2H])(N)C([2H])([2H])SC(C)CC(=O)O. The molecular weight excluding hydrogens is 150 g/mol. The van der Waals surface area contributed by atoms with E-state index in [9.17, 15) is 4.79 Å². The minimum Gasteiger partial charge on any atom is -0.481 e. The van der Waals surface area contributed by atoms with Crippen molar-refractivity contribution < 1.29 is 15.4 Å². The second-order valence-corrected chi connectivity index (χ2v) is 3.02. The Morgan fingerprint density at radius 1 is 2.00 bits per heavy atom. The van der Waals surface area contributed by atoms with Crippen LogP contribution in [0.1, 0.15) is 18.8 Å². The van der Waals surface area contributed by atoms with E-state index in [1.165, 1.54) is 6.92 Å². The van der Waals surface area contributed by atoms with Crippen molar-refractivity contribution in [1.82, 2.24) is 0 Å². The quantitative estimate of drug-likeness (QED) is 0.627. The lowest BCUT2D eigenvalue weighted by molar-refractivity contribution is -0.136. The Kier molecular flexibility index (Phi) is 2.56. The van der Waals surface area contributed by atoms with Gasteiger partial charge in [0.05, 0.1) is 6.42 Å². The number of hydrogen-bond donors (Lipinski definition) is 2. The first-order valence-corrected chi connectivity index (χ1v) is 3.63. The molecule has 0 aliphatic heterocycles. The van der Waals surface area contributed by atoms with Gasteiger partial charge in [-0.05, 0) is 0 Å². The van der Waals surface area contributed by atoms with Crippen molar-refractivity contribution >= 4 is 17.7 Å². The van der Waals surface area contributed by atoms with Crippen molar-refractivity contribution in [3.63, 3.8) is 0 Å². The zero-order valence-corrected chi connectivity index (χ0v) is 6.44. The lowest BCUT2D eigenvalue weighted by Gasteiger charge is -2.05. The molecule has 0 aromatic rings. The molecule has 0 aliphatic rings. The summed E-state index contributed by atoms with van der Waals surface area (Å²) in [5, 5.41) is 7.90. The zero-order valence-electron chi connectivity index (χ0n) is 9.63. The summed E-state index contributed by atoms with van der Waals surface area (Å²) in [6.07, 6.45) is -0.222. The second-order valence-electron chi connectivity index (χ2n) is 1.77. The van der Waals surface area contributed by atoms with Gasteiger partial charge >= 0.3 is 5.97 Å². The van der Waals surface area contributed by atoms with Gasteiger partial charge in [-0.25, -0.2) is 0 Å². The molecule has 0 rings (SSSR count). The maximum Gasteiger partial charge on any atom is 0.304 e. The highest BCUT2D eigenvalue weighted by Gasteiger charge is 2.06. The standard InChI is InChI=1S/C6H13NO2S/c1-5(4-6(8)9)10-3-2-7/h5H,2-4,7H2,1H3,(H,8,9)/i2D2,3D2. The normalized spacial score (nSPS) is 21.8. The van der Waals surface area contributed by atoms with E-state index in [4.69, 9.17) is 16.3 Å². The summed E-state index contributed by atoms with van der Waals surface area (Å²) in [6.45, 7) is -0.965. The summed E-state index contributed by atoms with van der Waals surface area (Å²) in [5.41, 5.74) is 2.69. The first kappa shape index (κ1) is 4.62. The lowest BCUT2D eigenvalue weighted by Crippen LogP contribution is -2.09. The molecule has 0 aromatic carbocycles. The van der Waals surface area contributed by atoms with E-state index in [0.29, 0.717) is 11.8 Å². The predicted octanol–water partition coefficient (Wildman–Crippen LogP) is 0.542. The molecule has 0 amide bonds. The summed E-state index contributed by atoms with van der Waals surface area (Å²) in [5.74, 6) is -1.04. The van der Waals surface area contributed by atoms with Gasteiger partial charge in [-0.1, -0.05) is 6.92 Å². The minimum absolute atomic E-state index is 0.222. The van der Waals surface area contributed by atoms with Crippen LogP contribution in [-0.2, 0) is 4.79 Å². The molecule has 60 valence electrons. The van der Waals surface area contributed by atoms with Gasteiger partial charge in [0.2, 0.25) is 0 Å². The molecule has 0 spiro atoms. The van der Waals surface area contributed by atoms with Crippen LogP contribution in [0.25, 0.3) is 0 Å². The van der Waals surface area contributed by atoms with Crippen molar-refractivity contribution in [2.75, 3.05) is 12.2 Å². The van der Waals surface area contributed by atoms with Crippen LogP contribution in [-0.4, -0.2) is 28.5 Å². The highest BCUT2D eigenvalue weighted by atomic mass is 32.2. The van der Waals surface area contributed by atoms with E-state index in [-0.39, 0.29) is 6.42 Å². The molecule has 0 bridgehead atoms. The molecule has 1 unspecified atom stereocenters. The molecule has 0 saturated heterocycles. The van der Waals surface area contributed by atoms with E-state index in [0.717, 1.165) is 0 Å². The van der Waals surface area contributed by atoms with Crippen LogP contribution in [0.5, 0.6) is 0 Å². The first-order valence-electron chi connectivity index (χ1n) is 4.75. The number of carboxylic acid groups (broad SMARTS) is 1. The molecule has 0 aromatic heterocycles. The molecule has 0 heterocycles. The molecule has 3 N–H and O–H groups in total. The van der Waals surface area contributed by atoms with Crippen LogP contribution < -0.4 is 5.73 Å². The molecular formula is C6H13NO2S. The maximum absolute atomic E-state index is 10.3. The van der Waals surface area contributed by atoms with Gasteiger partial charge in [-0.3, -0.25) is 4.79 Å². The molecule has 0 fully saturated rings. The Morgan fingerprint density at radius 2 is 2.60 bits per heavy atom.